The Morgan fingerprint density at radius 3 is 2.55 bits per heavy atom. The number of hydrogen-bond acceptors (Lipinski definition) is 7. The number of aromatic nitrogens is 4. The summed E-state index contributed by atoms with van der Waals surface area (Å²) < 4.78 is 13.7. The number of rotatable bonds is 7. The molecule has 38 heavy (non-hydrogen) atoms. The van der Waals surface area contributed by atoms with Crippen LogP contribution in [0, 0.1) is 0 Å². The Hall–Kier alpha value is -2.69. The maximum atomic E-state index is 12.5. The number of carbonyl (C=O) groups is 1. The van der Waals surface area contributed by atoms with Gasteiger partial charge in [-0.1, -0.05) is 31.2 Å². The van der Waals surface area contributed by atoms with Gasteiger partial charge in [0.15, 0.2) is 0 Å². The number of anilines is 1. The van der Waals surface area contributed by atoms with Crippen LogP contribution in [0.25, 0.3) is 22.3 Å². The molecule has 9 nitrogen and oxygen atoms in total. The maximum absolute atomic E-state index is 12.5. The zero-order valence-electron chi connectivity index (χ0n) is 23.5. The Bertz CT molecular complexity index is 1270. The Morgan fingerprint density at radius 1 is 1.16 bits per heavy atom. The Morgan fingerprint density at radius 2 is 1.92 bits per heavy atom. The molecule has 0 unspecified atom stereocenters. The first-order chi connectivity index (χ1) is 17.8. The number of pyridine rings is 1. The van der Waals surface area contributed by atoms with Crippen LogP contribution in [-0.2, 0) is 16.2 Å². The van der Waals surface area contributed by atoms with Gasteiger partial charge in [0.05, 0.1) is 11.1 Å². The molecule has 0 aliphatic carbocycles. The molecule has 1 atom stereocenters. The van der Waals surface area contributed by atoms with Crippen LogP contribution in [0.1, 0.15) is 27.7 Å². The molecular weight excluding hydrogens is 520 g/mol. The molecule has 0 radical (unpaired) electrons. The standard InChI is InChI=1S/C27H39ClN6O3Si/c1-19-16-32(26(35)37-27(2,3)4)10-11-33(19)23-9-8-20(15-29-23)22-14-21-24(28)30-17-31-25(21)34(22)18-36-12-13-38(5,6)7/h8-9,14-15,17,19H,10-13,16,18H2,1-7H3/t19-/m0/s1. The van der Waals surface area contributed by atoms with Gasteiger partial charge in [-0.2, -0.15) is 0 Å². The van der Waals surface area contributed by atoms with Crippen LogP contribution in [-0.4, -0.2) is 76.5 Å². The summed E-state index contributed by atoms with van der Waals surface area (Å²) >= 11 is 6.40. The van der Waals surface area contributed by atoms with Crippen LogP contribution in [0.2, 0.25) is 30.8 Å². The summed E-state index contributed by atoms with van der Waals surface area (Å²) in [5.41, 5.74) is 2.10. The second-order valence-electron chi connectivity index (χ2n) is 12.1. The number of hydrogen-bond donors (Lipinski definition) is 0. The molecule has 1 fully saturated rings. The van der Waals surface area contributed by atoms with E-state index in [1.54, 1.807) is 4.90 Å². The first-order valence-corrected chi connectivity index (χ1v) is 17.2. The predicted molar refractivity (Wildman–Crippen MR) is 154 cm³/mol. The summed E-state index contributed by atoms with van der Waals surface area (Å²) in [6.45, 7) is 17.7. The average molecular weight is 559 g/mol. The fraction of sp³-hybridized carbons (Fsp3) is 0.556. The molecular formula is C27H39ClN6O3Si. The SMILES string of the molecule is C[C@H]1CN(C(=O)OC(C)(C)C)CCN1c1ccc(-c2cc3c(Cl)ncnc3n2COCC[Si](C)(C)C)cn1. The van der Waals surface area contributed by atoms with Crippen LogP contribution < -0.4 is 4.90 Å². The summed E-state index contributed by atoms with van der Waals surface area (Å²) in [6.07, 6.45) is 3.08. The molecule has 0 spiro atoms. The minimum absolute atomic E-state index is 0.106. The topological polar surface area (TPSA) is 85.6 Å². The summed E-state index contributed by atoms with van der Waals surface area (Å²) in [5.74, 6) is 0.872. The molecule has 11 heteroatoms. The van der Waals surface area contributed by atoms with Gasteiger partial charge >= 0.3 is 6.09 Å². The number of nitrogens with zero attached hydrogens (tertiary/aromatic N) is 6. The highest BCUT2D eigenvalue weighted by atomic mass is 35.5. The third-order valence-electron chi connectivity index (χ3n) is 6.48. The summed E-state index contributed by atoms with van der Waals surface area (Å²) in [6, 6.07) is 7.28. The second kappa shape index (κ2) is 11.2. The minimum atomic E-state index is -1.19. The first-order valence-electron chi connectivity index (χ1n) is 13.1. The monoisotopic (exact) mass is 558 g/mol. The third-order valence-corrected chi connectivity index (χ3v) is 8.48. The van der Waals surface area contributed by atoms with E-state index in [1.807, 2.05) is 43.7 Å². The third kappa shape index (κ3) is 6.84. The van der Waals surface area contributed by atoms with Gasteiger partial charge < -0.3 is 23.8 Å². The van der Waals surface area contributed by atoms with Crippen molar-refractivity contribution in [2.24, 2.45) is 0 Å². The molecule has 0 saturated carbocycles. The van der Waals surface area contributed by atoms with E-state index in [2.05, 4.69) is 47.5 Å². The van der Waals surface area contributed by atoms with Gasteiger partial charge in [0.25, 0.3) is 0 Å². The smallest absolute Gasteiger partial charge is 0.410 e. The van der Waals surface area contributed by atoms with Crippen molar-refractivity contribution in [3.8, 4) is 11.3 Å². The van der Waals surface area contributed by atoms with Crippen molar-refractivity contribution in [3.05, 3.63) is 35.9 Å². The van der Waals surface area contributed by atoms with Crippen molar-refractivity contribution < 1.29 is 14.3 Å². The highest BCUT2D eigenvalue weighted by Crippen LogP contribution is 2.31. The number of ether oxygens (including phenoxy) is 2. The van der Waals surface area contributed by atoms with Crippen molar-refractivity contribution in [3.63, 3.8) is 0 Å². The number of halogens is 1. The van der Waals surface area contributed by atoms with Gasteiger partial charge in [0.2, 0.25) is 0 Å². The lowest BCUT2D eigenvalue weighted by atomic mass is 10.1. The molecule has 0 bridgehead atoms. The van der Waals surface area contributed by atoms with E-state index in [-0.39, 0.29) is 12.1 Å². The van der Waals surface area contributed by atoms with Crippen LogP contribution in [0.15, 0.2) is 30.7 Å². The zero-order valence-corrected chi connectivity index (χ0v) is 25.2. The van der Waals surface area contributed by atoms with Gasteiger partial charge in [0.1, 0.15) is 35.3 Å². The first kappa shape index (κ1) is 28.3. The lowest BCUT2D eigenvalue weighted by Gasteiger charge is -2.40. The van der Waals surface area contributed by atoms with E-state index < -0.39 is 13.7 Å². The van der Waals surface area contributed by atoms with Gasteiger partial charge in [0, 0.05) is 52.1 Å². The number of fused-ring (bicyclic) bond motifs is 1. The van der Waals surface area contributed by atoms with Gasteiger partial charge in [-0.3, -0.25) is 0 Å². The maximum Gasteiger partial charge on any atom is 0.410 e. The molecule has 1 aliphatic heterocycles. The number of carbonyl (C=O) groups excluding carboxylic acids is 1. The summed E-state index contributed by atoms with van der Waals surface area (Å²) in [7, 11) is -1.19. The number of amides is 1. The Balaban J connectivity index is 1.51. The van der Waals surface area contributed by atoms with Crippen LogP contribution in [0.5, 0.6) is 0 Å². The van der Waals surface area contributed by atoms with E-state index in [0.717, 1.165) is 34.2 Å². The van der Waals surface area contributed by atoms with Crippen molar-refractivity contribution in [1.82, 2.24) is 24.4 Å². The molecule has 0 aromatic carbocycles. The second-order valence-corrected chi connectivity index (χ2v) is 18.1. The molecule has 4 rings (SSSR count). The van der Waals surface area contributed by atoms with Gasteiger partial charge in [-0.15, -0.1) is 0 Å². The fourth-order valence-electron chi connectivity index (χ4n) is 4.44. The molecule has 1 aliphatic rings. The molecule has 1 amide bonds. The van der Waals surface area contributed by atoms with E-state index in [1.165, 1.54) is 6.33 Å². The lowest BCUT2D eigenvalue weighted by molar-refractivity contribution is 0.0218. The molecule has 206 valence electrons. The van der Waals surface area contributed by atoms with E-state index in [4.69, 9.17) is 26.1 Å². The quantitative estimate of drug-likeness (QED) is 0.202. The van der Waals surface area contributed by atoms with E-state index in [0.29, 0.717) is 38.1 Å². The zero-order chi connectivity index (χ0) is 27.7. The van der Waals surface area contributed by atoms with Crippen molar-refractivity contribution in [1.29, 1.82) is 0 Å². The highest BCUT2D eigenvalue weighted by Gasteiger charge is 2.30. The molecule has 4 heterocycles. The van der Waals surface area contributed by atoms with Crippen molar-refractivity contribution in [2.45, 2.75) is 71.8 Å². The van der Waals surface area contributed by atoms with Crippen LogP contribution in [0.4, 0.5) is 10.6 Å². The summed E-state index contributed by atoms with van der Waals surface area (Å²) in [4.78, 5) is 29.9. The molecule has 0 N–H and O–H groups in total. The molecule has 1 saturated heterocycles. The van der Waals surface area contributed by atoms with Gasteiger partial charge in [-0.25, -0.2) is 19.7 Å². The minimum Gasteiger partial charge on any atom is -0.444 e. The Labute approximate surface area is 231 Å². The molecule has 3 aromatic heterocycles. The largest absolute Gasteiger partial charge is 0.444 e. The van der Waals surface area contributed by atoms with Gasteiger partial charge in [-0.05, 0) is 51.9 Å². The normalized spacial score (nSPS) is 16.8. The van der Waals surface area contributed by atoms with E-state index in [9.17, 15) is 4.79 Å². The molecule has 3 aromatic rings. The predicted octanol–water partition coefficient (Wildman–Crippen LogP) is 5.90. The van der Waals surface area contributed by atoms with Crippen molar-refractivity contribution >= 4 is 42.6 Å². The Kier molecular flexibility index (Phi) is 8.34. The lowest BCUT2D eigenvalue weighted by Crippen LogP contribution is -2.54. The van der Waals surface area contributed by atoms with Crippen LogP contribution in [0.3, 0.4) is 0 Å². The fourth-order valence-corrected chi connectivity index (χ4v) is 5.37. The van der Waals surface area contributed by atoms with Crippen LogP contribution >= 0.6 is 11.6 Å². The van der Waals surface area contributed by atoms with E-state index >= 15 is 0 Å². The highest BCUT2D eigenvalue weighted by molar-refractivity contribution is 6.76. The number of piperazine rings is 1. The van der Waals surface area contributed by atoms with Crippen molar-refractivity contribution in [2.75, 3.05) is 31.1 Å². The summed E-state index contributed by atoms with van der Waals surface area (Å²) in [5, 5.41) is 1.20. The average Bonchev–Trinajstić information content (AvgIpc) is 3.20.